The number of aromatic amines is 1. The van der Waals surface area contributed by atoms with Crippen LogP contribution in [0.5, 0.6) is 0 Å². The predicted octanol–water partition coefficient (Wildman–Crippen LogP) is 0.912. The summed E-state index contributed by atoms with van der Waals surface area (Å²) in [5, 5.41) is 13.0. The maximum absolute atomic E-state index is 11.9. The van der Waals surface area contributed by atoms with E-state index in [1.807, 2.05) is 0 Å². The predicted molar refractivity (Wildman–Crippen MR) is 86.8 cm³/mol. The second-order valence-electron chi connectivity index (χ2n) is 6.52. The van der Waals surface area contributed by atoms with Crippen LogP contribution in [0, 0.1) is 5.92 Å². The van der Waals surface area contributed by atoms with Gasteiger partial charge >= 0.3 is 6.03 Å². The zero-order valence-corrected chi connectivity index (χ0v) is 14.0. The van der Waals surface area contributed by atoms with E-state index in [9.17, 15) is 13.2 Å². The zero-order chi connectivity index (χ0) is 16.3. The summed E-state index contributed by atoms with van der Waals surface area (Å²) in [6.07, 6.45) is 6.28. The summed E-state index contributed by atoms with van der Waals surface area (Å²) >= 11 is 0. The zero-order valence-electron chi connectivity index (χ0n) is 13.2. The van der Waals surface area contributed by atoms with Crippen molar-refractivity contribution in [1.82, 2.24) is 20.8 Å². The van der Waals surface area contributed by atoms with E-state index in [0.717, 1.165) is 18.5 Å². The number of hydrogen-bond donors (Lipinski definition) is 3. The number of sulfone groups is 1. The minimum absolute atomic E-state index is 0.0346. The molecule has 1 atom stereocenters. The molecule has 1 aliphatic heterocycles. The van der Waals surface area contributed by atoms with Crippen molar-refractivity contribution in [2.45, 2.75) is 45.1 Å². The van der Waals surface area contributed by atoms with Gasteiger partial charge in [0.05, 0.1) is 23.7 Å². The Labute approximate surface area is 136 Å². The number of urea groups is 1. The van der Waals surface area contributed by atoms with Crippen molar-refractivity contribution in [1.29, 1.82) is 0 Å². The second-order valence-corrected chi connectivity index (χ2v) is 8.75. The van der Waals surface area contributed by atoms with Crippen molar-refractivity contribution in [3.8, 4) is 0 Å². The molecule has 1 fully saturated rings. The van der Waals surface area contributed by atoms with E-state index >= 15 is 0 Å². The monoisotopic (exact) mass is 340 g/mol. The number of nitrogens with one attached hydrogen (secondary N) is 3. The molecule has 0 radical (unpaired) electrons. The number of carbonyl (C=O) groups is 1. The first-order chi connectivity index (χ1) is 11.0. The molecule has 23 heavy (non-hydrogen) atoms. The van der Waals surface area contributed by atoms with Crippen LogP contribution in [0.1, 0.15) is 42.6 Å². The van der Waals surface area contributed by atoms with E-state index in [1.165, 1.54) is 30.5 Å². The fourth-order valence-electron chi connectivity index (χ4n) is 3.37. The first-order valence-corrected chi connectivity index (χ1v) is 10.1. The van der Waals surface area contributed by atoms with Gasteiger partial charge < -0.3 is 10.6 Å². The Bertz CT molecular complexity index is 668. The van der Waals surface area contributed by atoms with Crippen LogP contribution in [-0.2, 0) is 29.2 Å². The van der Waals surface area contributed by atoms with Gasteiger partial charge in [0.2, 0.25) is 0 Å². The van der Waals surface area contributed by atoms with Crippen molar-refractivity contribution in [3.05, 3.63) is 17.0 Å². The van der Waals surface area contributed by atoms with Crippen LogP contribution in [0.2, 0.25) is 0 Å². The molecule has 1 unspecified atom stereocenters. The summed E-state index contributed by atoms with van der Waals surface area (Å²) in [5.74, 6) is 0.452. The van der Waals surface area contributed by atoms with E-state index in [0.29, 0.717) is 19.5 Å². The lowest BCUT2D eigenvalue weighted by atomic mass is 10.1. The number of aromatic nitrogens is 2. The highest BCUT2D eigenvalue weighted by molar-refractivity contribution is 7.91. The molecule has 3 N–H and O–H groups in total. The Hall–Kier alpha value is -1.57. The van der Waals surface area contributed by atoms with E-state index in [-0.39, 0.29) is 23.5 Å². The van der Waals surface area contributed by atoms with E-state index < -0.39 is 9.84 Å². The SMILES string of the molecule is O=C(NCc1n[nH]c2c1CCCCC2)NCC1CCS(=O)(=O)C1. The number of carbonyl (C=O) groups excluding carboxylic acids is 1. The number of rotatable bonds is 4. The third-order valence-corrected chi connectivity index (χ3v) is 6.52. The third-order valence-electron chi connectivity index (χ3n) is 4.69. The quantitative estimate of drug-likeness (QED) is 0.709. The minimum atomic E-state index is -2.89. The van der Waals surface area contributed by atoms with Gasteiger partial charge in [-0.1, -0.05) is 6.42 Å². The molecule has 1 aliphatic carbocycles. The van der Waals surface area contributed by atoms with Gasteiger partial charge in [0, 0.05) is 12.2 Å². The first-order valence-electron chi connectivity index (χ1n) is 8.30. The lowest BCUT2D eigenvalue weighted by molar-refractivity contribution is 0.239. The van der Waals surface area contributed by atoms with Gasteiger partial charge in [-0.25, -0.2) is 13.2 Å². The number of H-pyrrole nitrogens is 1. The van der Waals surface area contributed by atoms with Gasteiger partial charge in [0.25, 0.3) is 0 Å². The largest absolute Gasteiger partial charge is 0.338 e. The van der Waals surface area contributed by atoms with Gasteiger partial charge in [0.1, 0.15) is 0 Å². The molecule has 0 spiro atoms. The van der Waals surface area contributed by atoms with Crippen molar-refractivity contribution in [3.63, 3.8) is 0 Å². The van der Waals surface area contributed by atoms with Gasteiger partial charge in [-0.2, -0.15) is 5.10 Å². The molecule has 0 aromatic carbocycles. The van der Waals surface area contributed by atoms with Gasteiger partial charge in [-0.3, -0.25) is 5.10 Å². The number of nitrogens with zero attached hydrogens (tertiary/aromatic N) is 1. The summed E-state index contributed by atoms with van der Waals surface area (Å²) in [4.78, 5) is 11.9. The van der Waals surface area contributed by atoms with Crippen LogP contribution >= 0.6 is 0 Å². The van der Waals surface area contributed by atoms with Gasteiger partial charge in [-0.05, 0) is 43.6 Å². The van der Waals surface area contributed by atoms with E-state index in [4.69, 9.17) is 0 Å². The molecule has 1 aromatic heterocycles. The average molecular weight is 340 g/mol. The van der Waals surface area contributed by atoms with Crippen LogP contribution < -0.4 is 10.6 Å². The highest BCUT2D eigenvalue weighted by Gasteiger charge is 2.27. The molecule has 3 rings (SSSR count). The van der Waals surface area contributed by atoms with Crippen molar-refractivity contribution in [2.24, 2.45) is 5.92 Å². The van der Waals surface area contributed by atoms with Crippen molar-refractivity contribution >= 4 is 15.9 Å². The van der Waals surface area contributed by atoms with Crippen LogP contribution in [0.4, 0.5) is 4.79 Å². The molecule has 1 aromatic rings. The maximum Gasteiger partial charge on any atom is 0.315 e. The summed E-state index contributed by atoms with van der Waals surface area (Å²) in [7, 11) is -2.89. The van der Waals surface area contributed by atoms with Crippen LogP contribution in [0.3, 0.4) is 0 Å². The molecular formula is C15H24N4O3S. The highest BCUT2D eigenvalue weighted by atomic mass is 32.2. The molecule has 2 aliphatic rings. The summed E-state index contributed by atoms with van der Waals surface area (Å²) < 4.78 is 22.8. The van der Waals surface area contributed by atoms with Gasteiger partial charge in [-0.15, -0.1) is 0 Å². The number of hydrogen-bond acceptors (Lipinski definition) is 4. The molecule has 0 bridgehead atoms. The van der Waals surface area contributed by atoms with E-state index in [1.54, 1.807) is 0 Å². The fraction of sp³-hybridized carbons (Fsp3) is 0.733. The lowest BCUT2D eigenvalue weighted by Crippen LogP contribution is -2.38. The number of fused-ring (bicyclic) bond motifs is 1. The van der Waals surface area contributed by atoms with Crippen LogP contribution in [0.25, 0.3) is 0 Å². The Kier molecular flexibility index (Phi) is 4.89. The molecular weight excluding hydrogens is 316 g/mol. The Balaban J connectivity index is 1.45. The standard InChI is InChI=1S/C15H24N4O3S/c20-15(16-8-11-6-7-23(21,22)10-11)17-9-14-12-4-2-1-3-5-13(12)18-19-14/h11H,1-10H2,(H,18,19)(H2,16,17,20). The number of aryl methyl sites for hydroxylation is 1. The highest BCUT2D eigenvalue weighted by Crippen LogP contribution is 2.21. The number of amides is 2. The normalized spacial score (nSPS) is 23.0. The molecule has 2 heterocycles. The van der Waals surface area contributed by atoms with Crippen molar-refractivity contribution < 1.29 is 13.2 Å². The molecule has 1 saturated heterocycles. The molecule has 8 heteroatoms. The maximum atomic E-state index is 11.9. The third kappa shape index (κ3) is 4.25. The van der Waals surface area contributed by atoms with Crippen molar-refractivity contribution in [2.75, 3.05) is 18.1 Å². The Morgan fingerprint density at radius 2 is 2.04 bits per heavy atom. The molecule has 128 valence electrons. The topological polar surface area (TPSA) is 104 Å². The summed E-state index contributed by atoms with van der Waals surface area (Å²) in [6.45, 7) is 0.810. The Morgan fingerprint density at radius 1 is 1.22 bits per heavy atom. The first kappa shape index (κ1) is 16.3. The van der Waals surface area contributed by atoms with Crippen LogP contribution in [0.15, 0.2) is 0 Å². The van der Waals surface area contributed by atoms with E-state index in [2.05, 4.69) is 20.8 Å². The smallest absolute Gasteiger partial charge is 0.315 e. The molecule has 0 saturated carbocycles. The second kappa shape index (κ2) is 6.90. The van der Waals surface area contributed by atoms with Crippen LogP contribution in [-0.4, -0.2) is 42.7 Å². The summed E-state index contributed by atoms with van der Waals surface area (Å²) in [5.41, 5.74) is 3.38. The summed E-state index contributed by atoms with van der Waals surface area (Å²) in [6, 6.07) is -0.264. The van der Waals surface area contributed by atoms with Gasteiger partial charge in [0.15, 0.2) is 9.84 Å². The lowest BCUT2D eigenvalue weighted by Gasteiger charge is -2.10. The Morgan fingerprint density at radius 3 is 2.83 bits per heavy atom. The average Bonchev–Trinajstić information content (AvgIpc) is 2.97. The fourth-order valence-corrected chi connectivity index (χ4v) is 5.23. The molecule has 2 amide bonds. The molecule has 7 nitrogen and oxygen atoms in total. The minimum Gasteiger partial charge on any atom is -0.338 e.